The number of carbonyl (C=O) groups is 2. The molecule has 9 nitrogen and oxygen atoms in total. The molecule has 2 heterocycles. The number of hydrogen-bond donors (Lipinski definition) is 0. The van der Waals surface area contributed by atoms with E-state index in [0.717, 1.165) is 11.4 Å². The molecule has 2 bridgehead atoms. The Hall–Kier alpha value is -3.23. The summed E-state index contributed by atoms with van der Waals surface area (Å²) in [5.74, 6) is 0.558. The number of nitrogens with zero attached hydrogens (tertiary/aromatic N) is 3. The van der Waals surface area contributed by atoms with E-state index in [1.54, 1.807) is 0 Å². The van der Waals surface area contributed by atoms with Gasteiger partial charge < -0.3 is 9.47 Å². The molecule has 1 saturated heterocycles. The predicted octanol–water partition coefficient (Wildman–Crippen LogP) is 1.71. The number of rotatable bonds is 3. The van der Waals surface area contributed by atoms with Gasteiger partial charge >= 0.3 is 0 Å². The number of hydrazone groups is 1. The molecule has 28 heavy (non-hydrogen) atoms. The molecule has 3 fully saturated rings. The molecule has 4 aliphatic carbocycles. The highest BCUT2D eigenvalue weighted by Crippen LogP contribution is 2.65. The average Bonchev–Trinajstić information content (AvgIpc) is 3.33. The van der Waals surface area contributed by atoms with Gasteiger partial charge in [-0.25, -0.2) is 0 Å². The van der Waals surface area contributed by atoms with E-state index < -0.39 is 4.92 Å². The van der Waals surface area contributed by atoms with E-state index in [2.05, 4.69) is 17.3 Å². The van der Waals surface area contributed by atoms with Gasteiger partial charge in [-0.05, 0) is 36.2 Å². The van der Waals surface area contributed by atoms with E-state index in [1.165, 1.54) is 18.3 Å². The topological polar surface area (TPSA) is 111 Å². The van der Waals surface area contributed by atoms with Crippen LogP contribution in [-0.4, -0.2) is 34.8 Å². The zero-order valence-corrected chi connectivity index (χ0v) is 14.6. The summed E-state index contributed by atoms with van der Waals surface area (Å²) >= 11 is 0. The number of benzene rings is 1. The highest BCUT2D eigenvalue weighted by molar-refractivity contribution is 6.06. The van der Waals surface area contributed by atoms with Crippen LogP contribution in [0.1, 0.15) is 12.0 Å². The molecule has 9 heteroatoms. The minimum Gasteiger partial charge on any atom is -0.454 e. The molecule has 6 aliphatic rings. The molecule has 6 atom stereocenters. The van der Waals surface area contributed by atoms with Crippen LogP contribution in [0.3, 0.4) is 0 Å². The lowest BCUT2D eigenvalue weighted by Crippen LogP contribution is -2.40. The van der Waals surface area contributed by atoms with Crippen molar-refractivity contribution < 1.29 is 24.0 Å². The van der Waals surface area contributed by atoms with Crippen LogP contribution in [0.4, 0.5) is 5.69 Å². The lowest BCUT2D eigenvalue weighted by Gasteiger charge is -2.37. The maximum absolute atomic E-state index is 12.9. The van der Waals surface area contributed by atoms with Crippen LogP contribution in [-0.2, 0) is 9.59 Å². The van der Waals surface area contributed by atoms with Crippen LogP contribution in [0, 0.1) is 45.6 Å². The van der Waals surface area contributed by atoms with Crippen molar-refractivity contribution in [2.45, 2.75) is 6.42 Å². The van der Waals surface area contributed by atoms with Gasteiger partial charge in [0.05, 0.1) is 34.6 Å². The quantitative estimate of drug-likeness (QED) is 0.259. The Kier molecular flexibility index (Phi) is 2.92. The highest BCUT2D eigenvalue weighted by atomic mass is 16.7. The molecule has 0 radical (unpaired) electrons. The monoisotopic (exact) mass is 381 g/mol. The zero-order chi connectivity index (χ0) is 19.2. The third kappa shape index (κ3) is 1.93. The number of nitro benzene ring substituents is 1. The van der Waals surface area contributed by atoms with Crippen LogP contribution >= 0.6 is 0 Å². The van der Waals surface area contributed by atoms with E-state index in [4.69, 9.17) is 9.47 Å². The number of fused-ring (bicyclic) bond motifs is 1. The molecule has 142 valence electrons. The number of hydrogen-bond acceptors (Lipinski definition) is 7. The maximum Gasteiger partial charge on any atom is 0.282 e. The molecule has 0 spiro atoms. The number of allylic oxidation sites excluding steroid dienone is 2. The third-order valence-electron chi connectivity index (χ3n) is 6.67. The van der Waals surface area contributed by atoms with Crippen molar-refractivity contribution in [3.63, 3.8) is 0 Å². The molecule has 0 N–H and O–H groups in total. The second-order valence-electron chi connectivity index (χ2n) is 7.91. The van der Waals surface area contributed by atoms with Crippen LogP contribution in [0.2, 0.25) is 0 Å². The van der Waals surface area contributed by atoms with Gasteiger partial charge in [-0.15, -0.1) is 0 Å². The summed E-state index contributed by atoms with van der Waals surface area (Å²) in [6.07, 6.45) is 6.44. The van der Waals surface area contributed by atoms with Crippen molar-refractivity contribution in [1.82, 2.24) is 5.01 Å². The first kappa shape index (κ1) is 15.8. The Balaban J connectivity index is 1.34. The molecule has 2 amide bonds. The lowest BCUT2D eigenvalue weighted by molar-refractivity contribution is -0.385. The fourth-order valence-corrected chi connectivity index (χ4v) is 5.38. The minimum absolute atomic E-state index is 0.0162. The summed E-state index contributed by atoms with van der Waals surface area (Å²) in [6.45, 7) is -0.0162. The van der Waals surface area contributed by atoms with Gasteiger partial charge in [0.15, 0.2) is 11.5 Å². The maximum atomic E-state index is 12.9. The van der Waals surface area contributed by atoms with E-state index in [1.807, 2.05) is 0 Å². The Morgan fingerprint density at radius 3 is 2.29 bits per heavy atom. The summed E-state index contributed by atoms with van der Waals surface area (Å²) in [7, 11) is 0. The van der Waals surface area contributed by atoms with Gasteiger partial charge in [-0.3, -0.25) is 19.7 Å². The van der Waals surface area contributed by atoms with Gasteiger partial charge in [0.2, 0.25) is 6.79 Å². The van der Waals surface area contributed by atoms with Crippen molar-refractivity contribution in [3.05, 3.63) is 40.0 Å². The molecule has 0 unspecified atom stereocenters. The van der Waals surface area contributed by atoms with E-state index in [-0.39, 0.29) is 59.3 Å². The standard InChI is InChI=1S/C19H15N3O6/c23-18-16-9-1-2-10(12-4-11(9)12)17(16)19(24)21(18)20-6-8-3-14-15(28-7-27-14)5-13(8)22(25)26/h1-3,5-6,9-12,16-17H,4,7H2/b20-6-/t9-,10-,11-,12+,16+,17+/m0/s1. The smallest absolute Gasteiger partial charge is 0.282 e. The van der Waals surface area contributed by atoms with Crippen molar-refractivity contribution in [2.75, 3.05) is 6.79 Å². The molecule has 7 rings (SSSR count). The van der Waals surface area contributed by atoms with E-state index >= 15 is 0 Å². The molecule has 0 aromatic heterocycles. The Morgan fingerprint density at radius 1 is 1.07 bits per heavy atom. The average molecular weight is 381 g/mol. The van der Waals surface area contributed by atoms with Crippen LogP contribution in [0.25, 0.3) is 0 Å². The molecule has 2 aliphatic heterocycles. The van der Waals surface area contributed by atoms with E-state index in [9.17, 15) is 19.7 Å². The van der Waals surface area contributed by atoms with Gasteiger partial charge in [0.1, 0.15) is 0 Å². The lowest BCUT2D eigenvalue weighted by atomic mass is 9.63. The fourth-order valence-electron chi connectivity index (χ4n) is 5.38. The normalized spacial score (nSPS) is 36.2. The first-order valence-corrected chi connectivity index (χ1v) is 9.23. The van der Waals surface area contributed by atoms with Crippen LogP contribution in [0.5, 0.6) is 11.5 Å². The molecule has 2 saturated carbocycles. The Bertz CT molecular complexity index is 981. The van der Waals surface area contributed by atoms with Crippen molar-refractivity contribution >= 4 is 23.7 Å². The molecule has 1 aromatic carbocycles. The predicted molar refractivity (Wildman–Crippen MR) is 93.4 cm³/mol. The first-order valence-electron chi connectivity index (χ1n) is 9.23. The fraction of sp³-hybridized carbons (Fsp3) is 0.421. The van der Waals surface area contributed by atoms with Crippen LogP contribution < -0.4 is 9.47 Å². The number of nitro groups is 1. The summed E-state index contributed by atoms with van der Waals surface area (Å²) in [5, 5.41) is 16.3. The van der Waals surface area contributed by atoms with Gasteiger partial charge in [-0.2, -0.15) is 10.1 Å². The summed E-state index contributed by atoms with van der Waals surface area (Å²) in [4.78, 5) is 36.6. The highest BCUT2D eigenvalue weighted by Gasteiger charge is 2.67. The Morgan fingerprint density at radius 2 is 1.68 bits per heavy atom. The number of amides is 2. The Labute approximate surface area is 158 Å². The second-order valence-corrected chi connectivity index (χ2v) is 7.91. The van der Waals surface area contributed by atoms with Gasteiger partial charge in [0.25, 0.3) is 17.5 Å². The van der Waals surface area contributed by atoms with Gasteiger partial charge in [-0.1, -0.05) is 12.2 Å². The molecular formula is C19H15N3O6. The SMILES string of the molecule is O=C1[C@@H]2[C@H]3C=C[C@@H]([C@@H]4C[C@H]34)[C@H]2C(=O)N1/N=C\c1cc2c(cc1[N+](=O)[O-])OCO2. The summed E-state index contributed by atoms with van der Waals surface area (Å²) in [6, 6.07) is 2.69. The first-order chi connectivity index (χ1) is 13.5. The van der Waals surface area contributed by atoms with Crippen molar-refractivity contribution in [3.8, 4) is 11.5 Å². The molecule has 1 aromatic rings. The van der Waals surface area contributed by atoms with Gasteiger partial charge in [0, 0.05) is 0 Å². The van der Waals surface area contributed by atoms with Crippen molar-refractivity contribution in [1.29, 1.82) is 0 Å². The number of ether oxygens (including phenoxy) is 2. The van der Waals surface area contributed by atoms with E-state index in [0.29, 0.717) is 17.6 Å². The largest absolute Gasteiger partial charge is 0.454 e. The number of carbonyl (C=O) groups excluding carboxylic acids is 2. The third-order valence-corrected chi connectivity index (χ3v) is 6.67. The summed E-state index contributed by atoms with van der Waals surface area (Å²) in [5.41, 5.74) is -0.0823. The molecular weight excluding hydrogens is 366 g/mol. The number of imide groups is 1. The summed E-state index contributed by atoms with van der Waals surface area (Å²) < 4.78 is 10.4. The minimum atomic E-state index is -0.561. The second kappa shape index (κ2) is 5.18. The van der Waals surface area contributed by atoms with Crippen molar-refractivity contribution in [2.24, 2.45) is 40.6 Å². The zero-order valence-electron chi connectivity index (χ0n) is 14.6. The van der Waals surface area contributed by atoms with Crippen LogP contribution in [0.15, 0.2) is 29.4 Å².